The highest BCUT2D eigenvalue weighted by Crippen LogP contribution is 2.28. The van der Waals surface area contributed by atoms with E-state index in [0.717, 1.165) is 5.56 Å². The molecule has 0 aliphatic heterocycles. The summed E-state index contributed by atoms with van der Waals surface area (Å²) in [4.78, 5) is 16.1. The topological polar surface area (TPSA) is 73.0 Å². The van der Waals surface area contributed by atoms with Crippen molar-refractivity contribution in [3.8, 4) is 11.3 Å². The fourth-order valence-corrected chi connectivity index (χ4v) is 2.44. The fourth-order valence-electron chi connectivity index (χ4n) is 2.21. The summed E-state index contributed by atoms with van der Waals surface area (Å²) < 4.78 is 7.27. The van der Waals surface area contributed by atoms with Gasteiger partial charge in [-0.2, -0.15) is 5.10 Å². The summed E-state index contributed by atoms with van der Waals surface area (Å²) in [6, 6.07) is 10.6. The number of carbonyl (C=O) groups excluding carboxylic acids is 1. The van der Waals surface area contributed by atoms with Crippen molar-refractivity contribution in [2.45, 2.75) is 19.5 Å². The number of rotatable bonds is 5. The molecule has 1 aromatic carbocycles. The van der Waals surface area contributed by atoms with Crippen LogP contribution in [0.15, 0.2) is 53.5 Å². The van der Waals surface area contributed by atoms with E-state index >= 15 is 0 Å². The summed E-state index contributed by atoms with van der Waals surface area (Å²) in [7, 11) is 0. The Morgan fingerprint density at radius 2 is 2.17 bits per heavy atom. The minimum atomic E-state index is -0.282. The molecule has 3 rings (SSSR count). The lowest BCUT2D eigenvalue weighted by atomic mass is 10.2. The van der Waals surface area contributed by atoms with Crippen LogP contribution in [0.2, 0.25) is 5.02 Å². The molecule has 7 heteroatoms. The van der Waals surface area contributed by atoms with Crippen LogP contribution in [-0.4, -0.2) is 26.7 Å². The highest BCUT2D eigenvalue weighted by atomic mass is 35.5. The van der Waals surface area contributed by atoms with Gasteiger partial charge in [-0.3, -0.25) is 9.48 Å². The van der Waals surface area contributed by atoms with E-state index < -0.39 is 0 Å². The molecule has 1 amide bonds. The number of halogens is 1. The standard InChI is InChI=1S/C16H15ClN4O2/c1-11(8-21-10-18-9-19-21)20-16(22)15-7-6-14(23-15)12-4-2-3-5-13(12)17/h2-7,9-11H,8H2,1H3,(H,20,22). The van der Waals surface area contributed by atoms with Gasteiger partial charge in [-0.05, 0) is 31.2 Å². The molecule has 2 heterocycles. The van der Waals surface area contributed by atoms with Crippen LogP contribution in [0.1, 0.15) is 17.5 Å². The quantitative estimate of drug-likeness (QED) is 0.780. The summed E-state index contributed by atoms with van der Waals surface area (Å²) in [6.45, 7) is 2.42. The van der Waals surface area contributed by atoms with Crippen molar-refractivity contribution in [1.29, 1.82) is 0 Å². The number of hydrogen-bond acceptors (Lipinski definition) is 4. The highest BCUT2D eigenvalue weighted by Gasteiger charge is 2.16. The van der Waals surface area contributed by atoms with Gasteiger partial charge in [0.05, 0.1) is 11.6 Å². The SMILES string of the molecule is CC(Cn1cncn1)NC(=O)c1ccc(-c2ccccc2Cl)o1. The Morgan fingerprint density at radius 1 is 1.35 bits per heavy atom. The van der Waals surface area contributed by atoms with Gasteiger partial charge in [-0.1, -0.05) is 23.7 Å². The molecule has 0 radical (unpaired) electrons. The van der Waals surface area contributed by atoms with E-state index in [1.165, 1.54) is 6.33 Å². The molecule has 0 aliphatic rings. The van der Waals surface area contributed by atoms with E-state index in [0.29, 0.717) is 17.3 Å². The average Bonchev–Trinajstić information content (AvgIpc) is 3.19. The molecular weight excluding hydrogens is 316 g/mol. The molecule has 1 atom stereocenters. The number of carbonyl (C=O) groups is 1. The van der Waals surface area contributed by atoms with Crippen LogP contribution in [0.5, 0.6) is 0 Å². The first kappa shape index (κ1) is 15.3. The maximum atomic E-state index is 12.2. The Balaban J connectivity index is 1.68. The molecular formula is C16H15ClN4O2. The smallest absolute Gasteiger partial charge is 0.287 e. The third kappa shape index (κ3) is 3.60. The minimum absolute atomic E-state index is 0.113. The van der Waals surface area contributed by atoms with Crippen molar-refractivity contribution in [2.75, 3.05) is 0 Å². The first-order valence-electron chi connectivity index (χ1n) is 7.11. The summed E-state index contributed by atoms with van der Waals surface area (Å²) in [5.41, 5.74) is 0.754. The molecule has 118 valence electrons. The first-order chi connectivity index (χ1) is 11.1. The number of hydrogen-bond donors (Lipinski definition) is 1. The van der Waals surface area contributed by atoms with E-state index in [2.05, 4.69) is 15.4 Å². The first-order valence-corrected chi connectivity index (χ1v) is 7.49. The van der Waals surface area contributed by atoms with Gasteiger partial charge in [0.25, 0.3) is 5.91 Å². The molecule has 0 fully saturated rings. The van der Waals surface area contributed by atoms with E-state index in [9.17, 15) is 4.79 Å². The van der Waals surface area contributed by atoms with Gasteiger partial charge in [0.2, 0.25) is 0 Å². The van der Waals surface area contributed by atoms with Crippen molar-refractivity contribution in [3.63, 3.8) is 0 Å². The zero-order chi connectivity index (χ0) is 16.2. The monoisotopic (exact) mass is 330 g/mol. The van der Waals surface area contributed by atoms with E-state index in [-0.39, 0.29) is 17.7 Å². The van der Waals surface area contributed by atoms with E-state index in [1.54, 1.807) is 29.2 Å². The second-order valence-electron chi connectivity index (χ2n) is 5.14. The van der Waals surface area contributed by atoms with E-state index in [4.69, 9.17) is 16.0 Å². The van der Waals surface area contributed by atoms with Crippen molar-refractivity contribution in [3.05, 3.63) is 59.8 Å². The largest absolute Gasteiger partial charge is 0.451 e. The average molecular weight is 331 g/mol. The minimum Gasteiger partial charge on any atom is -0.451 e. The molecule has 23 heavy (non-hydrogen) atoms. The molecule has 0 spiro atoms. The molecule has 1 unspecified atom stereocenters. The molecule has 6 nitrogen and oxygen atoms in total. The van der Waals surface area contributed by atoms with Gasteiger partial charge in [0.15, 0.2) is 5.76 Å². The normalized spacial score (nSPS) is 12.1. The zero-order valence-electron chi connectivity index (χ0n) is 12.4. The second kappa shape index (κ2) is 6.66. The number of amides is 1. The molecule has 3 aromatic rings. The van der Waals surface area contributed by atoms with Crippen molar-refractivity contribution in [1.82, 2.24) is 20.1 Å². The Morgan fingerprint density at radius 3 is 2.91 bits per heavy atom. The Hall–Kier alpha value is -2.60. The van der Waals surface area contributed by atoms with Crippen LogP contribution in [0.25, 0.3) is 11.3 Å². The number of benzene rings is 1. The maximum Gasteiger partial charge on any atom is 0.287 e. The van der Waals surface area contributed by atoms with Gasteiger partial charge in [-0.15, -0.1) is 0 Å². The zero-order valence-corrected chi connectivity index (χ0v) is 13.2. The third-order valence-electron chi connectivity index (χ3n) is 3.27. The Kier molecular flexibility index (Phi) is 4.43. The van der Waals surface area contributed by atoms with Crippen LogP contribution in [0, 0.1) is 0 Å². The van der Waals surface area contributed by atoms with Crippen molar-refractivity contribution >= 4 is 17.5 Å². The number of nitrogens with zero attached hydrogens (tertiary/aromatic N) is 3. The van der Waals surface area contributed by atoms with Crippen LogP contribution in [-0.2, 0) is 6.54 Å². The Bertz CT molecular complexity index is 798. The summed E-state index contributed by atoms with van der Waals surface area (Å²) in [5.74, 6) is 0.519. The van der Waals surface area contributed by atoms with Gasteiger partial charge in [-0.25, -0.2) is 4.98 Å². The van der Waals surface area contributed by atoms with Crippen LogP contribution >= 0.6 is 11.6 Å². The Labute approximate surface area is 138 Å². The predicted molar refractivity (Wildman–Crippen MR) is 86.1 cm³/mol. The van der Waals surface area contributed by atoms with E-state index in [1.807, 2.05) is 25.1 Å². The van der Waals surface area contributed by atoms with Gasteiger partial charge in [0, 0.05) is 11.6 Å². The third-order valence-corrected chi connectivity index (χ3v) is 3.60. The lowest BCUT2D eigenvalue weighted by Gasteiger charge is -2.12. The molecule has 0 aliphatic carbocycles. The summed E-state index contributed by atoms with van der Waals surface area (Å²) in [5, 5.41) is 7.44. The number of furan rings is 1. The summed E-state index contributed by atoms with van der Waals surface area (Å²) >= 11 is 6.14. The maximum absolute atomic E-state index is 12.2. The second-order valence-corrected chi connectivity index (χ2v) is 5.54. The van der Waals surface area contributed by atoms with Crippen LogP contribution in [0.3, 0.4) is 0 Å². The predicted octanol–water partition coefficient (Wildman–Crippen LogP) is 3.01. The van der Waals surface area contributed by atoms with Crippen LogP contribution in [0.4, 0.5) is 0 Å². The molecule has 2 aromatic heterocycles. The fraction of sp³-hybridized carbons (Fsp3) is 0.188. The number of nitrogens with one attached hydrogen (secondary N) is 1. The van der Waals surface area contributed by atoms with Crippen molar-refractivity contribution < 1.29 is 9.21 Å². The highest BCUT2D eigenvalue weighted by molar-refractivity contribution is 6.33. The van der Waals surface area contributed by atoms with Crippen LogP contribution < -0.4 is 5.32 Å². The van der Waals surface area contributed by atoms with Gasteiger partial charge in [0.1, 0.15) is 18.4 Å². The summed E-state index contributed by atoms with van der Waals surface area (Å²) in [6.07, 6.45) is 3.06. The lowest BCUT2D eigenvalue weighted by molar-refractivity contribution is 0.0909. The number of aromatic nitrogens is 3. The van der Waals surface area contributed by atoms with Crippen molar-refractivity contribution in [2.24, 2.45) is 0 Å². The van der Waals surface area contributed by atoms with Gasteiger partial charge < -0.3 is 9.73 Å². The lowest BCUT2D eigenvalue weighted by Crippen LogP contribution is -2.35. The molecule has 1 N–H and O–H groups in total. The molecule has 0 saturated carbocycles. The molecule has 0 bridgehead atoms. The van der Waals surface area contributed by atoms with Gasteiger partial charge >= 0.3 is 0 Å². The molecule has 0 saturated heterocycles.